The zero-order valence-electron chi connectivity index (χ0n) is 58.5. The normalized spacial score (nSPS) is 18.1. The Morgan fingerprint density at radius 2 is 1.28 bits per heavy atom. The van der Waals surface area contributed by atoms with Crippen molar-refractivity contribution >= 4 is 56.6 Å². The zero-order chi connectivity index (χ0) is 68.6. The van der Waals surface area contributed by atoms with Crippen LogP contribution in [-0.2, 0) is 56.5 Å². The highest BCUT2D eigenvalue weighted by Gasteiger charge is 2.52. The maximum absolute atomic E-state index is 14.0. The van der Waals surface area contributed by atoms with E-state index in [9.17, 15) is 24.3 Å². The molecule has 512 valence electrons. The number of aromatic nitrogens is 3. The Bertz CT molecular complexity index is 3170. The number of esters is 1. The lowest BCUT2D eigenvalue weighted by Gasteiger charge is -2.45. The van der Waals surface area contributed by atoms with Gasteiger partial charge in [-0.1, -0.05) is 163 Å². The van der Waals surface area contributed by atoms with E-state index >= 15 is 0 Å². The number of aliphatic carboxylic acids is 1. The summed E-state index contributed by atoms with van der Waals surface area (Å²) in [5.41, 5.74) is 0.911. The van der Waals surface area contributed by atoms with E-state index in [2.05, 4.69) is 122 Å². The van der Waals surface area contributed by atoms with E-state index in [0.717, 1.165) is 10.4 Å². The second-order valence-corrected chi connectivity index (χ2v) is 37.7. The molecule has 0 amide bonds. The first-order valence-electron chi connectivity index (χ1n) is 32.7. The average Bonchev–Trinajstić information content (AvgIpc) is 1.40. The molecule has 19 nitrogen and oxygen atoms in total. The lowest BCUT2D eigenvalue weighted by atomic mass is 9.83. The molecule has 0 saturated carbocycles. The molecule has 93 heavy (non-hydrogen) atoms. The van der Waals surface area contributed by atoms with E-state index in [1.54, 1.807) is 33.3 Å². The number of carboxylic acids is 1. The number of allylic oxidation sites excluding steroid dienone is 1. The first-order valence-corrected chi connectivity index (χ1v) is 37.5. The zero-order valence-corrected chi connectivity index (χ0v) is 60.5. The molecule has 3 aromatic heterocycles. The predicted molar refractivity (Wildman–Crippen MR) is 362 cm³/mol. The third-order valence-electron chi connectivity index (χ3n) is 18.6. The SMILES string of the molecule is CO[C@@H](C/C=C/c1nc(-c2nc(-c3nc([C@@H](OC)[C@@H](C)C(=O)/C=C/C[C@@H](CC(=O)O)O[Si](c4ccccc4)(c4ccccc4)C(C)(C)C)co3)co2)co1)[C@@H](C)[C@H](C[C@H](OC)[C@@H](C)CCC(=O)[C@H](C)[C@H](OC(C)=O)[C@H](C)CC1OCC(C)(C)CO1)O[Si](C)(C)C(C)(C)C. The van der Waals surface area contributed by atoms with Crippen molar-refractivity contribution in [1.29, 1.82) is 0 Å². The van der Waals surface area contributed by atoms with Gasteiger partial charge in [0.2, 0.25) is 17.7 Å². The number of ketones is 2. The number of benzene rings is 2. The van der Waals surface area contributed by atoms with E-state index in [0.29, 0.717) is 62.6 Å². The van der Waals surface area contributed by atoms with Crippen LogP contribution in [0.1, 0.15) is 160 Å². The number of ether oxygens (including phenoxy) is 6. The fourth-order valence-electron chi connectivity index (χ4n) is 12.0. The van der Waals surface area contributed by atoms with Crippen molar-refractivity contribution in [3.05, 3.63) is 109 Å². The standard InChI is InChI=1S/C72H105N3O16Si2/c1-46(36-37-59(78)48(3)66(89-51(6)76)47(2)38-65-87-44-72(13,14)45-88-65)61(82-16)40-62(91-92(18,19)70(7,8)9)50(5)60(81-15)34-27-35-63-73-56(42-84-63)68-75-57(43-86-68)69-74-55(41-85-69)67(83-17)49(4)58(77)33-26-28-52(39-64(79)80)90-93(71(10,11)12,53-29-22-20-23-30-53)54-31-24-21-25-32-54/h20-27,29-33,35,41-43,46-50,52,60-62,65-67H,28,34,36-40,44-45H2,1-19H3,(H,79,80)/b33-26+,35-27+/t46-,47+,48-,49-,50+,52-,60-,61-,62-,66+,67-/m0/s1. The molecule has 0 spiro atoms. The van der Waals surface area contributed by atoms with Gasteiger partial charge in [-0.3, -0.25) is 19.2 Å². The molecule has 5 aromatic rings. The highest BCUT2D eigenvalue weighted by atomic mass is 28.4. The molecule has 1 saturated heterocycles. The molecular weight excluding hydrogens is 1220 g/mol. The molecule has 1 aliphatic rings. The van der Waals surface area contributed by atoms with Crippen molar-refractivity contribution in [2.24, 2.45) is 35.0 Å². The van der Waals surface area contributed by atoms with Crippen LogP contribution in [0.4, 0.5) is 0 Å². The summed E-state index contributed by atoms with van der Waals surface area (Å²) >= 11 is 0. The van der Waals surface area contributed by atoms with E-state index in [1.807, 2.05) is 56.3 Å². The molecule has 0 bridgehead atoms. The Hall–Kier alpha value is -6.02. The monoisotopic (exact) mass is 1320 g/mol. The van der Waals surface area contributed by atoms with Gasteiger partial charge in [0.05, 0.1) is 55.9 Å². The second kappa shape index (κ2) is 33.6. The number of carbonyl (C=O) groups excluding carboxylic acids is 3. The number of methoxy groups -OCH3 is 3. The first-order chi connectivity index (χ1) is 43.7. The van der Waals surface area contributed by atoms with Crippen LogP contribution in [0, 0.1) is 35.0 Å². The van der Waals surface area contributed by atoms with Gasteiger partial charge in [-0.15, -0.1) is 0 Å². The lowest BCUT2D eigenvalue weighted by Crippen LogP contribution is -2.67. The van der Waals surface area contributed by atoms with Crippen molar-refractivity contribution in [1.82, 2.24) is 15.0 Å². The van der Waals surface area contributed by atoms with Crippen LogP contribution < -0.4 is 10.4 Å². The van der Waals surface area contributed by atoms with Crippen LogP contribution in [0.3, 0.4) is 0 Å². The van der Waals surface area contributed by atoms with Crippen LogP contribution in [0.2, 0.25) is 23.2 Å². The minimum atomic E-state index is -3.10. The van der Waals surface area contributed by atoms with Crippen molar-refractivity contribution in [2.45, 2.75) is 208 Å². The quantitative estimate of drug-likeness (QED) is 0.0223. The molecule has 0 radical (unpaired) electrons. The van der Waals surface area contributed by atoms with Gasteiger partial charge in [-0.25, -0.2) is 15.0 Å². The molecular formula is C72H105N3O16Si2. The minimum absolute atomic E-state index is 0.0117. The van der Waals surface area contributed by atoms with Gasteiger partial charge in [-0.2, -0.15) is 0 Å². The summed E-state index contributed by atoms with van der Waals surface area (Å²) in [6, 6.07) is 20.0. The van der Waals surface area contributed by atoms with Gasteiger partial charge in [0.25, 0.3) is 8.32 Å². The van der Waals surface area contributed by atoms with Gasteiger partial charge in [-0.05, 0) is 83.2 Å². The molecule has 21 heteroatoms. The smallest absolute Gasteiger partial charge is 0.305 e. The predicted octanol–water partition coefficient (Wildman–Crippen LogP) is 14.1. The topological polar surface area (TPSA) is 240 Å². The van der Waals surface area contributed by atoms with Crippen LogP contribution in [0.15, 0.2) is 111 Å². The van der Waals surface area contributed by atoms with Crippen LogP contribution in [0.25, 0.3) is 29.2 Å². The number of oxazole rings is 3. The Labute approximate surface area is 553 Å². The van der Waals surface area contributed by atoms with Crippen LogP contribution in [-0.4, -0.2) is 132 Å². The largest absolute Gasteiger partial charge is 0.481 e. The summed E-state index contributed by atoms with van der Waals surface area (Å²) in [5, 5.41) is 11.7. The molecule has 0 unspecified atom stereocenters. The summed E-state index contributed by atoms with van der Waals surface area (Å²) in [5.74, 6) is -2.56. The van der Waals surface area contributed by atoms with Crippen molar-refractivity contribution in [3.8, 4) is 23.2 Å². The number of nitrogens with zero attached hydrogens (tertiary/aromatic N) is 3. The second-order valence-electron chi connectivity index (χ2n) is 28.6. The van der Waals surface area contributed by atoms with Gasteiger partial charge < -0.3 is 55.6 Å². The fraction of sp³-hybridized carbons (Fsp3) is 0.597. The van der Waals surface area contributed by atoms with Crippen molar-refractivity contribution < 1.29 is 74.8 Å². The number of carboxylic acid groups (broad SMARTS) is 1. The summed E-state index contributed by atoms with van der Waals surface area (Å²) < 4.78 is 68.0. The highest BCUT2D eigenvalue weighted by Crippen LogP contribution is 2.42. The third-order valence-corrected chi connectivity index (χ3v) is 28.2. The van der Waals surface area contributed by atoms with Gasteiger partial charge in [0.1, 0.15) is 42.5 Å². The molecule has 6 rings (SSSR count). The minimum Gasteiger partial charge on any atom is -0.481 e. The Kier molecular flexibility index (Phi) is 27.4. The Morgan fingerprint density at radius 3 is 1.84 bits per heavy atom. The number of rotatable bonds is 36. The van der Waals surface area contributed by atoms with Crippen molar-refractivity contribution in [3.63, 3.8) is 0 Å². The van der Waals surface area contributed by atoms with E-state index < -0.39 is 65.0 Å². The maximum Gasteiger partial charge on any atom is 0.305 e. The summed E-state index contributed by atoms with van der Waals surface area (Å²) in [6.07, 6.45) is 10.2. The lowest BCUT2D eigenvalue weighted by molar-refractivity contribution is -0.231. The van der Waals surface area contributed by atoms with Crippen molar-refractivity contribution in [2.75, 3.05) is 34.5 Å². The molecule has 0 aliphatic carbocycles. The molecule has 4 heterocycles. The number of Topliss-reactive ketones (excluding diaryl/α,β-unsaturated/α-hetero) is 1. The number of hydrogen-bond donors (Lipinski definition) is 1. The van der Waals surface area contributed by atoms with E-state index in [1.165, 1.54) is 38.9 Å². The summed E-state index contributed by atoms with van der Waals surface area (Å²) in [6.45, 7) is 34.0. The third kappa shape index (κ3) is 20.5. The van der Waals surface area contributed by atoms with E-state index in [-0.39, 0.29) is 93.4 Å². The molecule has 1 aliphatic heterocycles. The van der Waals surface area contributed by atoms with E-state index in [4.69, 9.17) is 50.5 Å². The van der Waals surface area contributed by atoms with Crippen LogP contribution >= 0.6 is 0 Å². The Balaban J connectivity index is 1.07. The molecule has 2 aromatic carbocycles. The van der Waals surface area contributed by atoms with Gasteiger partial charge >= 0.3 is 11.9 Å². The van der Waals surface area contributed by atoms with Crippen LogP contribution in [0.5, 0.6) is 0 Å². The number of carbonyl (C=O) groups is 4. The van der Waals surface area contributed by atoms with Gasteiger partial charge in [0.15, 0.2) is 31.8 Å². The fourth-order valence-corrected chi connectivity index (χ4v) is 18.1. The van der Waals surface area contributed by atoms with Gasteiger partial charge in [0, 0.05) is 52.4 Å². The number of hydrogen-bond acceptors (Lipinski definition) is 18. The Morgan fingerprint density at radius 1 is 0.699 bits per heavy atom. The molecule has 1 N–H and O–H groups in total. The average molecular weight is 1320 g/mol. The molecule has 11 atom stereocenters. The molecule has 1 fully saturated rings. The highest BCUT2D eigenvalue weighted by molar-refractivity contribution is 6.99. The summed E-state index contributed by atoms with van der Waals surface area (Å²) in [4.78, 5) is 66.4. The summed E-state index contributed by atoms with van der Waals surface area (Å²) in [7, 11) is -0.530. The first kappa shape index (κ1) is 76.0. The maximum atomic E-state index is 14.0.